The molecule has 0 spiro atoms. The predicted octanol–water partition coefficient (Wildman–Crippen LogP) is 3.33. The van der Waals surface area contributed by atoms with Crippen LogP contribution in [0.25, 0.3) is 16.7 Å². The summed E-state index contributed by atoms with van der Waals surface area (Å²) in [6, 6.07) is 14.2. The summed E-state index contributed by atoms with van der Waals surface area (Å²) in [4.78, 5) is 5.63. The molecule has 4 heteroatoms. The molecule has 3 rings (SSSR count). The van der Waals surface area contributed by atoms with Crippen molar-refractivity contribution < 1.29 is 0 Å². The van der Waals surface area contributed by atoms with Crippen molar-refractivity contribution in [2.75, 3.05) is 12.0 Å². The molecule has 1 heterocycles. The van der Waals surface area contributed by atoms with Gasteiger partial charge in [-0.3, -0.25) is 4.57 Å². The lowest BCUT2D eigenvalue weighted by Crippen LogP contribution is -1.91. The van der Waals surface area contributed by atoms with Crippen LogP contribution in [0.3, 0.4) is 0 Å². The number of benzene rings is 2. The van der Waals surface area contributed by atoms with E-state index in [4.69, 9.17) is 5.73 Å². The highest BCUT2D eigenvalue weighted by Gasteiger charge is 2.04. The first-order valence-electron chi connectivity index (χ1n) is 5.65. The summed E-state index contributed by atoms with van der Waals surface area (Å²) in [6.45, 7) is 0. The molecule has 0 radical (unpaired) electrons. The fourth-order valence-corrected chi connectivity index (χ4v) is 2.39. The number of imidazole rings is 1. The van der Waals surface area contributed by atoms with Crippen LogP contribution >= 0.6 is 11.8 Å². The number of aromatic nitrogens is 2. The number of fused-ring (bicyclic) bond motifs is 1. The van der Waals surface area contributed by atoms with Crippen molar-refractivity contribution in [3.8, 4) is 5.69 Å². The van der Waals surface area contributed by atoms with E-state index in [1.807, 2.05) is 24.5 Å². The van der Waals surface area contributed by atoms with Gasteiger partial charge in [-0.15, -0.1) is 11.8 Å². The van der Waals surface area contributed by atoms with Crippen molar-refractivity contribution in [3.05, 3.63) is 48.8 Å². The standard InChI is InChI=1S/C14H13N3S/c1-18-12-5-3-11(4-6-12)17-9-16-13-8-10(15)2-7-14(13)17/h2-9H,15H2,1H3. The molecule has 0 aliphatic carbocycles. The van der Waals surface area contributed by atoms with E-state index in [-0.39, 0.29) is 0 Å². The largest absolute Gasteiger partial charge is 0.399 e. The van der Waals surface area contributed by atoms with E-state index >= 15 is 0 Å². The number of hydrogen-bond acceptors (Lipinski definition) is 3. The van der Waals surface area contributed by atoms with Crippen molar-refractivity contribution in [2.24, 2.45) is 0 Å². The lowest BCUT2D eigenvalue weighted by atomic mass is 10.2. The highest BCUT2D eigenvalue weighted by atomic mass is 32.2. The second kappa shape index (κ2) is 4.38. The molecule has 90 valence electrons. The summed E-state index contributed by atoms with van der Waals surface area (Å²) >= 11 is 1.74. The van der Waals surface area contributed by atoms with E-state index in [1.165, 1.54) is 4.90 Å². The Labute approximate surface area is 110 Å². The predicted molar refractivity (Wildman–Crippen MR) is 77.3 cm³/mol. The van der Waals surface area contributed by atoms with Crippen molar-refractivity contribution in [1.82, 2.24) is 9.55 Å². The van der Waals surface area contributed by atoms with Crippen LogP contribution in [0.4, 0.5) is 5.69 Å². The number of nitrogens with two attached hydrogens (primary N) is 1. The van der Waals surface area contributed by atoms with Crippen molar-refractivity contribution in [1.29, 1.82) is 0 Å². The van der Waals surface area contributed by atoms with Gasteiger partial charge in [0, 0.05) is 16.3 Å². The molecule has 3 aromatic rings. The summed E-state index contributed by atoms with van der Waals surface area (Å²) in [6.07, 6.45) is 3.91. The van der Waals surface area contributed by atoms with Crippen LogP contribution in [0, 0.1) is 0 Å². The second-order valence-corrected chi connectivity index (χ2v) is 4.94. The number of nitrogens with zero attached hydrogens (tertiary/aromatic N) is 2. The molecule has 1 aromatic heterocycles. The SMILES string of the molecule is CSc1ccc(-n2cnc3cc(N)ccc32)cc1. The zero-order valence-corrected chi connectivity index (χ0v) is 10.8. The molecule has 0 amide bonds. The van der Waals surface area contributed by atoms with Crippen molar-refractivity contribution in [2.45, 2.75) is 4.90 Å². The van der Waals surface area contributed by atoms with Gasteiger partial charge >= 0.3 is 0 Å². The highest BCUT2D eigenvalue weighted by molar-refractivity contribution is 7.98. The first-order chi connectivity index (χ1) is 8.78. The van der Waals surface area contributed by atoms with Gasteiger partial charge in [-0.25, -0.2) is 4.98 Å². The Hall–Kier alpha value is -1.94. The number of rotatable bonds is 2. The maximum atomic E-state index is 5.76. The minimum atomic E-state index is 0.741. The molecule has 18 heavy (non-hydrogen) atoms. The summed E-state index contributed by atoms with van der Waals surface area (Å²) in [7, 11) is 0. The van der Waals surface area contributed by atoms with Crippen molar-refractivity contribution in [3.63, 3.8) is 0 Å². The minimum absolute atomic E-state index is 0.741. The molecule has 2 aromatic carbocycles. The van der Waals surface area contributed by atoms with Gasteiger partial charge < -0.3 is 5.73 Å². The fourth-order valence-electron chi connectivity index (χ4n) is 1.98. The van der Waals surface area contributed by atoms with Gasteiger partial charge in [0.15, 0.2) is 0 Å². The van der Waals surface area contributed by atoms with Gasteiger partial charge in [-0.1, -0.05) is 0 Å². The first-order valence-corrected chi connectivity index (χ1v) is 6.87. The fraction of sp³-hybridized carbons (Fsp3) is 0.0714. The number of nitrogen functional groups attached to an aromatic ring is 1. The zero-order chi connectivity index (χ0) is 12.5. The molecule has 0 aliphatic rings. The molecular formula is C14H13N3S. The van der Waals surface area contributed by atoms with E-state index in [0.29, 0.717) is 0 Å². The Kier molecular flexibility index (Phi) is 2.72. The van der Waals surface area contributed by atoms with Crippen LogP contribution in [0.2, 0.25) is 0 Å². The van der Waals surface area contributed by atoms with Crippen LogP contribution in [-0.4, -0.2) is 15.8 Å². The lowest BCUT2D eigenvalue weighted by Gasteiger charge is -2.05. The van der Waals surface area contributed by atoms with Gasteiger partial charge in [0.2, 0.25) is 0 Å². The maximum Gasteiger partial charge on any atom is 0.100 e. The minimum Gasteiger partial charge on any atom is -0.399 e. The topological polar surface area (TPSA) is 43.8 Å². The van der Waals surface area contributed by atoms with E-state index in [9.17, 15) is 0 Å². The molecule has 0 unspecified atom stereocenters. The quantitative estimate of drug-likeness (QED) is 0.564. The Morgan fingerprint density at radius 2 is 1.89 bits per heavy atom. The van der Waals surface area contributed by atoms with Crippen LogP contribution in [0.5, 0.6) is 0 Å². The third-order valence-electron chi connectivity index (χ3n) is 2.92. The Bertz CT molecular complexity index is 686. The smallest absolute Gasteiger partial charge is 0.100 e. The van der Waals surface area contributed by atoms with E-state index in [2.05, 4.69) is 40.1 Å². The molecule has 2 N–H and O–H groups in total. The highest BCUT2D eigenvalue weighted by Crippen LogP contribution is 2.22. The average molecular weight is 255 g/mol. The van der Waals surface area contributed by atoms with Gasteiger partial charge in [-0.2, -0.15) is 0 Å². The average Bonchev–Trinajstić information content (AvgIpc) is 2.81. The molecule has 0 saturated carbocycles. The number of thioether (sulfide) groups is 1. The maximum absolute atomic E-state index is 5.76. The number of hydrogen-bond donors (Lipinski definition) is 1. The van der Waals surface area contributed by atoms with Crippen LogP contribution in [0.1, 0.15) is 0 Å². The Morgan fingerprint density at radius 1 is 1.11 bits per heavy atom. The molecule has 0 aliphatic heterocycles. The molecular weight excluding hydrogens is 242 g/mol. The van der Waals surface area contributed by atoms with Gasteiger partial charge in [0.1, 0.15) is 6.33 Å². The summed E-state index contributed by atoms with van der Waals surface area (Å²) in [5.74, 6) is 0. The monoisotopic (exact) mass is 255 g/mol. The molecule has 3 nitrogen and oxygen atoms in total. The van der Waals surface area contributed by atoms with Gasteiger partial charge in [0.05, 0.1) is 11.0 Å². The molecule has 0 bridgehead atoms. The van der Waals surface area contributed by atoms with Crippen molar-refractivity contribution >= 4 is 28.5 Å². The van der Waals surface area contributed by atoms with Crippen LogP contribution < -0.4 is 5.73 Å². The summed E-state index contributed by atoms with van der Waals surface area (Å²) < 4.78 is 2.07. The second-order valence-electron chi connectivity index (χ2n) is 4.06. The third kappa shape index (κ3) is 1.84. The molecule has 0 saturated heterocycles. The Morgan fingerprint density at radius 3 is 2.61 bits per heavy atom. The van der Waals surface area contributed by atoms with E-state index in [1.54, 1.807) is 11.8 Å². The van der Waals surface area contributed by atoms with Gasteiger partial charge in [-0.05, 0) is 48.7 Å². The normalized spacial score (nSPS) is 10.9. The lowest BCUT2D eigenvalue weighted by molar-refractivity contribution is 1.09. The zero-order valence-electron chi connectivity index (χ0n) is 10.00. The van der Waals surface area contributed by atoms with E-state index < -0.39 is 0 Å². The number of anilines is 1. The van der Waals surface area contributed by atoms with Crippen LogP contribution in [0.15, 0.2) is 53.7 Å². The molecule has 0 fully saturated rings. The first kappa shape index (κ1) is 11.2. The Balaban J connectivity index is 2.13. The third-order valence-corrected chi connectivity index (χ3v) is 3.67. The van der Waals surface area contributed by atoms with E-state index in [0.717, 1.165) is 22.4 Å². The molecule has 0 atom stereocenters. The van der Waals surface area contributed by atoms with Crippen LogP contribution in [-0.2, 0) is 0 Å². The summed E-state index contributed by atoms with van der Waals surface area (Å²) in [5, 5.41) is 0. The summed E-state index contributed by atoms with van der Waals surface area (Å²) in [5.41, 5.74) is 9.60. The van der Waals surface area contributed by atoms with Gasteiger partial charge in [0.25, 0.3) is 0 Å².